The maximum Gasteiger partial charge on any atom is 0.166 e. The minimum Gasteiger partial charge on any atom is -0.207 e. The van der Waals surface area contributed by atoms with Crippen molar-refractivity contribution in [1.82, 2.24) is 0 Å². The number of allylic oxidation sites excluding steroid dienone is 2. The van der Waals surface area contributed by atoms with Crippen LogP contribution in [-0.2, 0) is 0 Å². The molecule has 0 heterocycles. The molecule has 0 amide bonds. The lowest BCUT2D eigenvalue weighted by Crippen LogP contribution is -2.25. The lowest BCUT2D eigenvalue weighted by atomic mass is 9.68. The van der Waals surface area contributed by atoms with Gasteiger partial charge in [0.15, 0.2) is 11.6 Å². The molecule has 194 valence electrons. The second-order valence-electron chi connectivity index (χ2n) is 11.2. The van der Waals surface area contributed by atoms with E-state index in [0.717, 1.165) is 47.3 Å². The summed E-state index contributed by atoms with van der Waals surface area (Å²) in [6.45, 7) is 3.67. The van der Waals surface area contributed by atoms with Crippen molar-refractivity contribution in [3.05, 3.63) is 95.3 Å². The minimum absolute atomic E-state index is 0.136. The molecule has 0 nitrogen and oxygen atoms in total. The maximum absolute atomic E-state index is 15.3. The monoisotopic (exact) mass is 502 g/mol. The van der Waals surface area contributed by atoms with E-state index in [4.69, 9.17) is 0 Å². The molecule has 0 atom stereocenters. The van der Waals surface area contributed by atoms with E-state index >= 15 is 4.39 Å². The van der Waals surface area contributed by atoms with Gasteiger partial charge in [-0.1, -0.05) is 60.7 Å². The summed E-state index contributed by atoms with van der Waals surface area (Å²) in [6.07, 6.45) is 14.5. The molecule has 37 heavy (non-hydrogen) atoms. The maximum atomic E-state index is 15.3. The number of hydrogen-bond acceptors (Lipinski definition) is 0. The lowest BCUT2D eigenvalue weighted by Gasteiger charge is -2.37. The fourth-order valence-electron chi connectivity index (χ4n) is 6.73. The van der Waals surface area contributed by atoms with Crippen molar-refractivity contribution in [3.8, 4) is 22.3 Å². The van der Waals surface area contributed by atoms with Crippen molar-refractivity contribution < 1.29 is 13.2 Å². The standard InChI is InChI=1S/C34H37F3/c1-3-4-23-6-8-24(9-7-23)25-10-14-27(15-11-25)30-20-18-29(21-32(30)35)26-12-16-28(17-13-26)31-19-5-22(2)33(36)34(31)37/h3-5,12-13,16-21,23-25,27H,6-11,14-15H2,1-2H3. The molecule has 3 aromatic carbocycles. The summed E-state index contributed by atoms with van der Waals surface area (Å²) in [7, 11) is 0. The van der Waals surface area contributed by atoms with Crippen molar-refractivity contribution in [2.45, 2.75) is 71.1 Å². The SMILES string of the molecule is CC=CC1CCC(C2CCC(c3ccc(-c4ccc(-c5ccc(C)c(F)c5F)cc4)cc3F)CC2)CC1. The highest BCUT2D eigenvalue weighted by Gasteiger charge is 2.31. The van der Waals surface area contributed by atoms with E-state index in [1.807, 2.05) is 24.3 Å². The van der Waals surface area contributed by atoms with Crippen LogP contribution in [0.1, 0.15) is 75.3 Å². The number of hydrogen-bond donors (Lipinski definition) is 0. The van der Waals surface area contributed by atoms with Crippen LogP contribution in [0.4, 0.5) is 13.2 Å². The quantitative estimate of drug-likeness (QED) is 0.304. The van der Waals surface area contributed by atoms with Gasteiger partial charge in [-0.15, -0.1) is 0 Å². The Morgan fingerprint density at radius 2 is 1.24 bits per heavy atom. The second-order valence-corrected chi connectivity index (χ2v) is 11.2. The summed E-state index contributed by atoms with van der Waals surface area (Å²) >= 11 is 0. The highest BCUT2D eigenvalue weighted by molar-refractivity contribution is 5.71. The van der Waals surface area contributed by atoms with Crippen LogP contribution < -0.4 is 0 Å². The Hall–Kier alpha value is -2.81. The zero-order chi connectivity index (χ0) is 25.9. The summed E-state index contributed by atoms with van der Waals surface area (Å²) < 4.78 is 43.7. The van der Waals surface area contributed by atoms with Gasteiger partial charge in [0.05, 0.1) is 0 Å². The molecule has 0 aliphatic heterocycles. The first-order chi connectivity index (χ1) is 17.9. The summed E-state index contributed by atoms with van der Waals surface area (Å²) in [5.41, 5.74) is 3.62. The zero-order valence-electron chi connectivity index (χ0n) is 22.0. The predicted molar refractivity (Wildman–Crippen MR) is 147 cm³/mol. The van der Waals surface area contributed by atoms with Crippen molar-refractivity contribution >= 4 is 0 Å². The van der Waals surface area contributed by atoms with Crippen LogP contribution in [0.2, 0.25) is 0 Å². The lowest BCUT2D eigenvalue weighted by molar-refractivity contribution is 0.171. The van der Waals surface area contributed by atoms with E-state index in [0.29, 0.717) is 11.5 Å². The summed E-state index contributed by atoms with van der Waals surface area (Å²) in [4.78, 5) is 0. The van der Waals surface area contributed by atoms with Gasteiger partial charge in [-0.3, -0.25) is 0 Å². The van der Waals surface area contributed by atoms with E-state index in [1.165, 1.54) is 38.5 Å². The van der Waals surface area contributed by atoms with Crippen molar-refractivity contribution in [2.24, 2.45) is 17.8 Å². The Morgan fingerprint density at radius 3 is 1.86 bits per heavy atom. The number of aryl methyl sites for hydroxylation is 1. The molecule has 5 rings (SSSR count). The molecule has 0 unspecified atom stereocenters. The largest absolute Gasteiger partial charge is 0.207 e. The fraction of sp³-hybridized carbons (Fsp3) is 0.412. The molecule has 0 N–H and O–H groups in total. The molecule has 3 heteroatoms. The number of rotatable bonds is 5. The van der Waals surface area contributed by atoms with Crippen LogP contribution in [0, 0.1) is 42.1 Å². The van der Waals surface area contributed by atoms with E-state index < -0.39 is 11.6 Å². The van der Waals surface area contributed by atoms with E-state index in [1.54, 1.807) is 37.3 Å². The fourth-order valence-corrected chi connectivity index (χ4v) is 6.73. The number of benzene rings is 3. The summed E-state index contributed by atoms with van der Waals surface area (Å²) in [6, 6.07) is 16.0. The van der Waals surface area contributed by atoms with Gasteiger partial charge in [0.2, 0.25) is 0 Å². The second kappa shape index (κ2) is 11.3. The summed E-state index contributed by atoms with van der Waals surface area (Å²) in [5, 5.41) is 0. The van der Waals surface area contributed by atoms with Gasteiger partial charge in [-0.25, -0.2) is 13.2 Å². The third kappa shape index (κ3) is 5.56. The third-order valence-corrected chi connectivity index (χ3v) is 8.96. The van der Waals surface area contributed by atoms with Crippen molar-refractivity contribution in [1.29, 1.82) is 0 Å². The van der Waals surface area contributed by atoms with Crippen molar-refractivity contribution in [2.75, 3.05) is 0 Å². The molecule has 3 aromatic rings. The summed E-state index contributed by atoms with van der Waals surface area (Å²) in [5.74, 6) is 0.936. The minimum atomic E-state index is -0.834. The third-order valence-electron chi connectivity index (χ3n) is 8.96. The Kier molecular flexibility index (Phi) is 7.88. The topological polar surface area (TPSA) is 0 Å². The van der Waals surface area contributed by atoms with Crippen LogP contribution in [-0.4, -0.2) is 0 Å². The van der Waals surface area contributed by atoms with Gasteiger partial charge in [0, 0.05) is 5.56 Å². The Morgan fingerprint density at radius 1 is 0.649 bits per heavy atom. The molecule has 0 radical (unpaired) electrons. The zero-order valence-corrected chi connectivity index (χ0v) is 22.0. The molecule has 2 aliphatic rings. The molecule has 2 fully saturated rings. The smallest absolute Gasteiger partial charge is 0.166 e. The highest BCUT2D eigenvalue weighted by Crippen LogP contribution is 2.44. The predicted octanol–water partition coefficient (Wildman–Crippen LogP) is 10.4. The molecule has 0 aromatic heterocycles. The molecular formula is C34H37F3. The van der Waals surface area contributed by atoms with Gasteiger partial charge < -0.3 is 0 Å². The van der Waals surface area contributed by atoms with Crippen LogP contribution in [0.25, 0.3) is 22.3 Å². The Bertz CT molecular complexity index is 1240. The molecular weight excluding hydrogens is 465 g/mol. The highest BCUT2D eigenvalue weighted by atomic mass is 19.2. The van der Waals surface area contributed by atoms with Gasteiger partial charge in [0.1, 0.15) is 5.82 Å². The first-order valence-corrected chi connectivity index (χ1v) is 13.9. The Balaban J connectivity index is 1.22. The Labute approximate surface area is 219 Å². The molecule has 0 spiro atoms. The van der Waals surface area contributed by atoms with E-state index in [2.05, 4.69) is 19.1 Å². The van der Waals surface area contributed by atoms with Gasteiger partial charge in [0.25, 0.3) is 0 Å². The van der Waals surface area contributed by atoms with E-state index in [9.17, 15) is 8.78 Å². The number of halogens is 3. The molecule has 2 saturated carbocycles. The molecule has 0 bridgehead atoms. The molecule has 2 aliphatic carbocycles. The molecule has 0 saturated heterocycles. The van der Waals surface area contributed by atoms with E-state index in [-0.39, 0.29) is 16.9 Å². The average molecular weight is 503 g/mol. The van der Waals surface area contributed by atoms with Crippen LogP contribution in [0.3, 0.4) is 0 Å². The van der Waals surface area contributed by atoms with Crippen LogP contribution >= 0.6 is 0 Å². The van der Waals surface area contributed by atoms with Gasteiger partial charge in [-0.2, -0.15) is 0 Å². The average Bonchev–Trinajstić information content (AvgIpc) is 2.93. The normalized spacial score (nSPS) is 24.5. The van der Waals surface area contributed by atoms with Gasteiger partial charge in [-0.05, 0) is 123 Å². The van der Waals surface area contributed by atoms with Crippen LogP contribution in [0.15, 0.2) is 66.7 Å². The first kappa shape index (κ1) is 25.8. The first-order valence-electron chi connectivity index (χ1n) is 13.9. The van der Waals surface area contributed by atoms with Crippen LogP contribution in [0.5, 0.6) is 0 Å². The van der Waals surface area contributed by atoms with Gasteiger partial charge >= 0.3 is 0 Å². The van der Waals surface area contributed by atoms with Crippen molar-refractivity contribution in [3.63, 3.8) is 0 Å².